The lowest BCUT2D eigenvalue weighted by Crippen LogP contribution is -2.43. The van der Waals surface area contributed by atoms with E-state index in [2.05, 4.69) is 10.5 Å². The van der Waals surface area contributed by atoms with Crippen LogP contribution in [0.3, 0.4) is 0 Å². The Hall–Kier alpha value is -3.48. The number of likely N-dealkylation sites (tertiary alicyclic amines) is 1. The fourth-order valence-electron chi connectivity index (χ4n) is 3.57. The van der Waals surface area contributed by atoms with Crippen LogP contribution < -0.4 is 5.32 Å². The van der Waals surface area contributed by atoms with Crippen LogP contribution in [-0.4, -0.2) is 34.5 Å². The fraction of sp³-hybridized carbons (Fsp3) is 0.227. The van der Waals surface area contributed by atoms with Gasteiger partial charge in [-0.15, -0.1) is 0 Å². The fourth-order valence-corrected chi connectivity index (χ4v) is 3.57. The van der Waals surface area contributed by atoms with Crippen molar-refractivity contribution in [1.82, 2.24) is 10.1 Å². The third-order valence-electron chi connectivity index (χ3n) is 5.00. The Balaban J connectivity index is 1.57. The zero-order chi connectivity index (χ0) is 20.4. The standard InChI is InChI=1S/C22H20FN3O3/c1-14-12-20(25-29-14)24-21(27)19-8-5-11-26(19)22(28)17-13-16(9-10-18(17)23)15-6-3-2-4-7-15/h2-4,6-7,9-10,12-13,19H,5,8,11H2,1H3,(H,24,25,27). The van der Waals surface area contributed by atoms with Crippen molar-refractivity contribution in [3.8, 4) is 11.1 Å². The molecule has 0 spiro atoms. The van der Waals surface area contributed by atoms with E-state index in [0.717, 1.165) is 11.1 Å². The molecule has 2 heterocycles. The van der Waals surface area contributed by atoms with Crippen LogP contribution in [0.1, 0.15) is 29.0 Å². The molecule has 1 unspecified atom stereocenters. The molecule has 1 saturated heterocycles. The summed E-state index contributed by atoms with van der Waals surface area (Å²) >= 11 is 0. The zero-order valence-corrected chi connectivity index (χ0v) is 15.9. The number of aromatic nitrogens is 1. The molecule has 1 aliphatic heterocycles. The Morgan fingerprint density at radius 3 is 2.66 bits per heavy atom. The second-order valence-electron chi connectivity index (χ2n) is 7.03. The van der Waals surface area contributed by atoms with Gasteiger partial charge in [0.15, 0.2) is 5.82 Å². The molecule has 4 rings (SSSR count). The van der Waals surface area contributed by atoms with E-state index in [0.29, 0.717) is 31.0 Å². The van der Waals surface area contributed by atoms with E-state index in [1.807, 2.05) is 30.3 Å². The molecule has 0 saturated carbocycles. The van der Waals surface area contributed by atoms with Gasteiger partial charge < -0.3 is 14.7 Å². The highest BCUT2D eigenvalue weighted by molar-refractivity contribution is 6.02. The number of benzene rings is 2. The molecule has 2 amide bonds. The summed E-state index contributed by atoms with van der Waals surface area (Å²) in [7, 11) is 0. The number of amides is 2. The molecule has 0 radical (unpaired) electrons. The maximum Gasteiger partial charge on any atom is 0.257 e. The Bertz CT molecular complexity index is 1050. The molecule has 148 valence electrons. The van der Waals surface area contributed by atoms with Crippen molar-refractivity contribution < 1.29 is 18.5 Å². The van der Waals surface area contributed by atoms with E-state index in [4.69, 9.17) is 4.52 Å². The Morgan fingerprint density at radius 1 is 1.14 bits per heavy atom. The van der Waals surface area contributed by atoms with E-state index < -0.39 is 17.8 Å². The van der Waals surface area contributed by atoms with E-state index in [1.165, 1.54) is 11.0 Å². The molecule has 2 aromatic carbocycles. The average Bonchev–Trinajstić information content (AvgIpc) is 3.37. The molecule has 1 atom stereocenters. The normalized spacial score (nSPS) is 16.1. The number of carbonyl (C=O) groups is 2. The molecule has 6 nitrogen and oxygen atoms in total. The first-order chi connectivity index (χ1) is 14.0. The van der Waals surface area contributed by atoms with Gasteiger partial charge in [0.25, 0.3) is 5.91 Å². The Kier molecular flexibility index (Phi) is 5.12. The summed E-state index contributed by atoms with van der Waals surface area (Å²) < 4.78 is 19.4. The van der Waals surface area contributed by atoms with Gasteiger partial charge in [-0.25, -0.2) is 4.39 Å². The number of nitrogens with one attached hydrogen (secondary N) is 1. The molecular weight excluding hydrogens is 373 g/mol. The Morgan fingerprint density at radius 2 is 1.93 bits per heavy atom. The van der Waals surface area contributed by atoms with Gasteiger partial charge in [-0.05, 0) is 43.0 Å². The van der Waals surface area contributed by atoms with Gasteiger partial charge >= 0.3 is 0 Å². The maximum absolute atomic E-state index is 14.5. The van der Waals surface area contributed by atoms with Gasteiger partial charge in [0.05, 0.1) is 5.56 Å². The van der Waals surface area contributed by atoms with Crippen molar-refractivity contribution in [2.75, 3.05) is 11.9 Å². The lowest BCUT2D eigenvalue weighted by atomic mass is 10.0. The smallest absolute Gasteiger partial charge is 0.257 e. The van der Waals surface area contributed by atoms with Crippen LogP contribution in [0.4, 0.5) is 10.2 Å². The minimum Gasteiger partial charge on any atom is -0.360 e. The van der Waals surface area contributed by atoms with Gasteiger partial charge in [-0.3, -0.25) is 9.59 Å². The first-order valence-corrected chi connectivity index (χ1v) is 9.43. The number of halogens is 1. The highest BCUT2D eigenvalue weighted by Gasteiger charge is 2.35. The minimum absolute atomic E-state index is 0.0386. The van der Waals surface area contributed by atoms with Gasteiger partial charge in [0.2, 0.25) is 5.91 Å². The molecular formula is C22H20FN3O3. The van der Waals surface area contributed by atoms with Gasteiger partial charge in [-0.1, -0.05) is 41.6 Å². The molecule has 1 aliphatic rings. The number of rotatable bonds is 4. The Labute approximate surface area is 167 Å². The third-order valence-corrected chi connectivity index (χ3v) is 5.00. The highest BCUT2D eigenvalue weighted by atomic mass is 19.1. The molecule has 1 aromatic heterocycles. The molecule has 29 heavy (non-hydrogen) atoms. The van der Waals surface area contributed by atoms with Gasteiger partial charge in [-0.2, -0.15) is 0 Å². The van der Waals surface area contributed by atoms with Crippen molar-refractivity contribution in [1.29, 1.82) is 0 Å². The van der Waals surface area contributed by atoms with E-state index >= 15 is 0 Å². The van der Waals surface area contributed by atoms with Gasteiger partial charge in [0.1, 0.15) is 17.6 Å². The summed E-state index contributed by atoms with van der Waals surface area (Å²) in [4.78, 5) is 27.2. The third kappa shape index (κ3) is 3.89. The highest BCUT2D eigenvalue weighted by Crippen LogP contribution is 2.26. The summed E-state index contributed by atoms with van der Waals surface area (Å²) in [5, 5.41) is 6.41. The monoisotopic (exact) mass is 393 g/mol. The predicted molar refractivity (Wildman–Crippen MR) is 106 cm³/mol. The molecule has 0 bridgehead atoms. The van der Waals surface area contributed by atoms with Crippen LogP contribution in [0.25, 0.3) is 11.1 Å². The summed E-state index contributed by atoms with van der Waals surface area (Å²) in [6, 6.07) is 14.8. The molecule has 3 aromatic rings. The van der Waals surface area contributed by atoms with Crippen molar-refractivity contribution in [3.05, 3.63) is 71.7 Å². The summed E-state index contributed by atoms with van der Waals surface area (Å²) in [5.74, 6) is -0.589. The lowest BCUT2D eigenvalue weighted by Gasteiger charge is -2.24. The van der Waals surface area contributed by atoms with Crippen LogP contribution in [0.5, 0.6) is 0 Å². The molecule has 1 fully saturated rings. The molecule has 1 N–H and O–H groups in total. The van der Waals surface area contributed by atoms with Crippen molar-refractivity contribution in [2.45, 2.75) is 25.8 Å². The summed E-state index contributed by atoms with van der Waals surface area (Å²) in [6.45, 7) is 2.11. The topological polar surface area (TPSA) is 75.4 Å². The van der Waals surface area contributed by atoms with E-state index in [-0.39, 0.29) is 11.5 Å². The second-order valence-corrected chi connectivity index (χ2v) is 7.03. The number of carbonyl (C=O) groups excluding carboxylic acids is 2. The zero-order valence-electron chi connectivity index (χ0n) is 15.9. The second kappa shape index (κ2) is 7.87. The lowest BCUT2D eigenvalue weighted by molar-refractivity contribution is -0.119. The van der Waals surface area contributed by atoms with Crippen LogP contribution in [0.2, 0.25) is 0 Å². The van der Waals surface area contributed by atoms with Crippen LogP contribution in [0.15, 0.2) is 59.1 Å². The SMILES string of the molecule is Cc1cc(NC(=O)C2CCCN2C(=O)c2cc(-c3ccccc3)ccc2F)no1. The molecule has 7 heteroatoms. The number of hydrogen-bond donors (Lipinski definition) is 1. The predicted octanol–water partition coefficient (Wildman–Crippen LogP) is 4.03. The molecule has 0 aliphatic carbocycles. The van der Waals surface area contributed by atoms with Crippen LogP contribution in [-0.2, 0) is 4.79 Å². The van der Waals surface area contributed by atoms with Crippen molar-refractivity contribution in [2.24, 2.45) is 0 Å². The van der Waals surface area contributed by atoms with Crippen LogP contribution in [0, 0.1) is 12.7 Å². The summed E-state index contributed by atoms with van der Waals surface area (Å²) in [5.41, 5.74) is 1.59. The van der Waals surface area contributed by atoms with Gasteiger partial charge in [0, 0.05) is 12.6 Å². The number of aryl methyl sites for hydroxylation is 1. The number of nitrogens with zero attached hydrogens (tertiary/aromatic N) is 2. The first kappa shape index (κ1) is 18.9. The van der Waals surface area contributed by atoms with E-state index in [1.54, 1.807) is 25.1 Å². The maximum atomic E-state index is 14.5. The summed E-state index contributed by atoms with van der Waals surface area (Å²) in [6.07, 6.45) is 1.18. The quantitative estimate of drug-likeness (QED) is 0.726. The number of anilines is 1. The minimum atomic E-state index is -0.681. The van der Waals surface area contributed by atoms with E-state index in [9.17, 15) is 14.0 Å². The first-order valence-electron chi connectivity index (χ1n) is 9.43. The average molecular weight is 393 g/mol. The largest absolute Gasteiger partial charge is 0.360 e. The van der Waals surface area contributed by atoms with Crippen molar-refractivity contribution >= 4 is 17.6 Å². The van der Waals surface area contributed by atoms with Crippen molar-refractivity contribution in [3.63, 3.8) is 0 Å². The van der Waals surface area contributed by atoms with Crippen LogP contribution >= 0.6 is 0 Å². The number of hydrogen-bond acceptors (Lipinski definition) is 4.